The second-order valence-corrected chi connectivity index (χ2v) is 4.55. The zero-order valence-corrected chi connectivity index (χ0v) is 9.50. The minimum absolute atomic E-state index is 0.254. The van der Waals surface area contributed by atoms with Crippen molar-refractivity contribution in [1.29, 1.82) is 0 Å². The summed E-state index contributed by atoms with van der Waals surface area (Å²) in [6.45, 7) is 0. The van der Waals surface area contributed by atoms with Crippen molar-refractivity contribution in [1.82, 2.24) is 9.78 Å². The summed E-state index contributed by atoms with van der Waals surface area (Å²) in [7, 11) is 0. The molecular formula is C13H15N3O. The van der Waals surface area contributed by atoms with E-state index in [1.165, 1.54) is 11.3 Å². The molecule has 0 amide bonds. The summed E-state index contributed by atoms with van der Waals surface area (Å²) in [4.78, 5) is 0. The minimum atomic E-state index is 0.254. The van der Waals surface area contributed by atoms with E-state index in [4.69, 9.17) is 5.73 Å². The fourth-order valence-electron chi connectivity index (χ4n) is 2.40. The Bertz CT molecular complexity index is 547. The van der Waals surface area contributed by atoms with Crippen molar-refractivity contribution in [2.75, 3.05) is 0 Å². The average molecular weight is 229 g/mol. The van der Waals surface area contributed by atoms with Crippen LogP contribution < -0.4 is 5.73 Å². The predicted molar refractivity (Wildman–Crippen MR) is 65.2 cm³/mol. The molecule has 4 nitrogen and oxygen atoms in total. The molecule has 17 heavy (non-hydrogen) atoms. The number of aromatic nitrogens is 2. The van der Waals surface area contributed by atoms with Crippen molar-refractivity contribution in [2.24, 2.45) is 5.73 Å². The summed E-state index contributed by atoms with van der Waals surface area (Å²) in [5, 5.41) is 13.9. The number of phenols is 1. The maximum Gasteiger partial charge on any atom is 0.117 e. The van der Waals surface area contributed by atoms with Gasteiger partial charge >= 0.3 is 0 Å². The Morgan fingerprint density at radius 2 is 2.29 bits per heavy atom. The fraction of sp³-hybridized carbons (Fsp3) is 0.308. The van der Waals surface area contributed by atoms with Gasteiger partial charge in [-0.25, -0.2) is 4.68 Å². The topological polar surface area (TPSA) is 64.1 Å². The molecule has 1 heterocycles. The summed E-state index contributed by atoms with van der Waals surface area (Å²) in [6, 6.07) is 7.41. The van der Waals surface area contributed by atoms with Crippen LogP contribution in [0.1, 0.15) is 17.7 Å². The van der Waals surface area contributed by atoms with Crippen LogP contribution in [0, 0.1) is 0 Å². The van der Waals surface area contributed by atoms with E-state index in [9.17, 15) is 5.11 Å². The molecule has 1 unspecified atom stereocenters. The van der Waals surface area contributed by atoms with Crippen LogP contribution in [0.3, 0.4) is 0 Å². The Morgan fingerprint density at radius 1 is 1.41 bits per heavy atom. The molecule has 0 fully saturated rings. The minimum Gasteiger partial charge on any atom is -0.508 e. The van der Waals surface area contributed by atoms with Gasteiger partial charge in [0.2, 0.25) is 0 Å². The molecule has 1 atom stereocenters. The summed E-state index contributed by atoms with van der Waals surface area (Å²) in [5.74, 6) is 0.263. The first-order chi connectivity index (χ1) is 8.24. The van der Waals surface area contributed by atoms with Gasteiger partial charge in [-0.1, -0.05) is 6.07 Å². The van der Waals surface area contributed by atoms with Gasteiger partial charge < -0.3 is 10.8 Å². The molecule has 0 bridgehead atoms. The molecular weight excluding hydrogens is 214 g/mol. The molecule has 0 saturated carbocycles. The molecule has 0 radical (unpaired) electrons. The molecule has 2 aromatic rings. The summed E-state index contributed by atoms with van der Waals surface area (Å²) in [6.07, 6.45) is 4.73. The molecule has 4 heteroatoms. The Kier molecular flexibility index (Phi) is 2.37. The highest BCUT2D eigenvalue weighted by atomic mass is 16.3. The molecule has 0 aliphatic heterocycles. The lowest BCUT2D eigenvalue weighted by atomic mass is 9.94. The van der Waals surface area contributed by atoms with Crippen molar-refractivity contribution >= 4 is 0 Å². The van der Waals surface area contributed by atoms with Crippen LogP contribution in [0.4, 0.5) is 0 Å². The van der Waals surface area contributed by atoms with Crippen molar-refractivity contribution in [3.05, 3.63) is 41.7 Å². The standard InChI is InChI=1S/C13H15N3O/c14-10-4-5-13-9(6-10)8-15-16(13)11-2-1-3-12(17)7-11/h1-3,7-8,10,17H,4-6,14H2. The molecule has 0 saturated heterocycles. The SMILES string of the molecule is NC1CCc2c(cnn2-c2cccc(O)c2)C1. The largest absolute Gasteiger partial charge is 0.508 e. The molecule has 1 aliphatic rings. The van der Waals surface area contributed by atoms with E-state index >= 15 is 0 Å². The van der Waals surface area contributed by atoms with Gasteiger partial charge in [0.25, 0.3) is 0 Å². The van der Waals surface area contributed by atoms with Gasteiger partial charge in [0, 0.05) is 17.8 Å². The first-order valence-electron chi connectivity index (χ1n) is 5.85. The molecule has 1 aromatic carbocycles. The van der Waals surface area contributed by atoms with E-state index in [-0.39, 0.29) is 11.8 Å². The Hall–Kier alpha value is -1.81. The quantitative estimate of drug-likeness (QED) is 0.776. The van der Waals surface area contributed by atoms with Crippen molar-refractivity contribution in [3.63, 3.8) is 0 Å². The number of nitrogens with zero attached hydrogens (tertiary/aromatic N) is 2. The van der Waals surface area contributed by atoms with Gasteiger partial charge in [0.15, 0.2) is 0 Å². The lowest BCUT2D eigenvalue weighted by Crippen LogP contribution is -2.28. The number of benzene rings is 1. The second-order valence-electron chi connectivity index (χ2n) is 4.55. The zero-order valence-electron chi connectivity index (χ0n) is 9.50. The van der Waals surface area contributed by atoms with Gasteiger partial charge in [0.05, 0.1) is 11.9 Å². The van der Waals surface area contributed by atoms with Crippen LogP contribution in [0.2, 0.25) is 0 Å². The fourth-order valence-corrected chi connectivity index (χ4v) is 2.40. The average Bonchev–Trinajstić information content (AvgIpc) is 2.71. The maximum absolute atomic E-state index is 9.50. The van der Waals surface area contributed by atoms with Crippen LogP contribution in [-0.4, -0.2) is 20.9 Å². The third kappa shape index (κ3) is 1.80. The number of phenolic OH excluding ortho intramolecular Hbond substituents is 1. The molecule has 0 spiro atoms. The second kappa shape index (κ2) is 3.89. The number of hydrogen-bond donors (Lipinski definition) is 2. The zero-order chi connectivity index (χ0) is 11.8. The lowest BCUT2D eigenvalue weighted by molar-refractivity contribution is 0.474. The van der Waals surface area contributed by atoms with Crippen molar-refractivity contribution < 1.29 is 5.11 Å². The highest BCUT2D eigenvalue weighted by Gasteiger charge is 2.20. The van der Waals surface area contributed by atoms with E-state index in [0.717, 1.165) is 24.9 Å². The van der Waals surface area contributed by atoms with Crippen LogP contribution in [0.25, 0.3) is 5.69 Å². The highest BCUT2D eigenvalue weighted by Crippen LogP contribution is 2.24. The number of aromatic hydroxyl groups is 1. The molecule has 1 aromatic heterocycles. The van der Waals surface area contributed by atoms with E-state index in [1.54, 1.807) is 12.1 Å². The molecule has 3 N–H and O–H groups in total. The van der Waals surface area contributed by atoms with Gasteiger partial charge in [-0.05, 0) is 37.0 Å². The first kappa shape index (κ1) is 10.4. The predicted octanol–water partition coefficient (Wildman–Crippen LogP) is 1.39. The summed E-state index contributed by atoms with van der Waals surface area (Å²) in [5.41, 5.74) is 9.30. The van der Waals surface area contributed by atoms with E-state index in [0.29, 0.717) is 0 Å². The molecule has 88 valence electrons. The maximum atomic E-state index is 9.50. The molecule has 1 aliphatic carbocycles. The van der Waals surface area contributed by atoms with Crippen LogP contribution in [0.5, 0.6) is 5.75 Å². The Labute approximate surface area is 99.7 Å². The van der Waals surface area contributed by atoms with Gasteiger partial charge in [-0.15, -0.1) is 0 Å². The van der Waals surface area contributed by atoms with E-state index in [1.807, 2.05) is 23.0 Å². The lowest BCUT2D eigenvalue weighted by Gasteiger charge is -2.19. The Morgan fingerprint density at radius 3 is 3.12 bits per heavy atom. The van der Waals surface area contributed by atoms with Gasteiger partial charge in [-0.3, -0.25) is 0 Å². The third-order valence-corrected chi connectivity index (χ3v) is 3.26. The van der Waals surface area contributed by atoms with E-state index < -0.39 is 0 Å². The summed E-state index contributed by atoms with van der Waals surface area (Å²) >= 11 is 0. The smallest absolute Gasteiger partial charge is 0.117 e. The Balaban J connectivity index is 2.05. The monoisotopic (exact) mass is 229 g/mol. The van der Waals surface area contributed by atoms with Crippen LogP contribution in [0.15, 0.2) is 30.5 Å². The van der Waals surface area contributed by atoms with E-state index in [2.05, 4.69) is 5.10 Å². The number of nitrogens with two attached hydrogens (primary N) is 1. The van der Waals surface area contributed by atoms with Crippen molar-refractivity contribution in [3.8, 4) is 11.4 Å². The normalized spacial score (nSPS) is 19.0. The summed E-state index contributed by atoms with van der Waals surface area (Å²) < 4.78 is 1.90. The van der Waals surface area contributed by atoms with Gasteiger partial charge in [-0.2, -0.15) is 5.10 Å². The van der Waals surface area contributed by atoms with Gasteiger partial charge in [0.1, 0.15) is 5.75 Å². The number of rotatable bonds is 1. The number of hydrogen-bond acceptors (Lipinski definition) is 3. The highest BCUT2D eigenvalue weighted by molar-refractivity contribution is 5.41. The number of fused-ring (bicyclic) bond motifs is 1. The first-order valence-corrected chi connectivity index (χ1v) is 5.85. The van der Waals surface area contributed by atoms with Crippen molar-refractivity contribution in [2.45, 2.75) is 25.3 Å². The molecule has 3 rings (SSSR count). The van der Waals surface area contributed by atoms with Crippen LogP contribution in [-0.2, 0) is 12.8 Å². The third-order valence-electron chi connectivity index (χ3n) is 3.26. The van der Waals surface area contributed by atoms with Crippen LogP contribution >= 0.6 is 0 Å².